The summed E-state index contributed by atoms with van der Waals surface area (Å²) in [5, 5.41) is 8.86. The molecule has 1 amide bonds. The minimum Gasteiger partial charge on any atom is -0.302 e. The zero-order valence-corrected chi connectivity index (χ0v) is 18.3. The highest BCUT2D eigenvalue weighted by molar-refractivity contribution is 7.15. The van der Waals surface area contributed by atoms with Gasteiger partial charge >= 0.3 is 0 Å². The molecule has 0 unspecified atom stereocenters. The van der Waals surface area contributed by atoms with Gasteiger partial charge < -0.3 is 5.32 Å². The number of anilines is 1. The molecule has 7 heteroatoms. The van der Waals surface area contributed by atoms with Crippen molar-refractivity contribution >= 4 is 34.0 Å². The number of hydrogen-bond acceptors (Lipinski definition) is 4. The molecule has 0 radical (unpaired) electrons. The fraction of sp³-hybridized carbons (Fsp3) is 0.174. The SMILES string of the molecule is Cc1nn(-c2ccccc2)c(C)c1CC(=O)Nc1ncc(Cc2ccc(Cl)cc2)s1. The molecule has 0 saturated carbocycles. The Bertz CT molecular complexity index is 1170. The number of hydrogen-bond donors (Lipinski definition) is 1. The number of nitrogens with one attached hydrogen (secondary N) is 1. The van der Waals surface area contributed by atoms with Crippen LogP contribution in [0.1, 0.15) is 27.4 Å². The Labute approximate surface area is 184 Å². The zero-order chi connectivity index (χ0) is 21.1. The Morgan fingerprint density at radius 3 is 2.57 bits per heavy atom. The van der Waals surface area contributed by atoms with Crippen LogP contribution in [-0.4, -0.2) is 20.7 Å². The molecule has 0 saturated heterocycles. The summed E-state index contributed by atoms with van der Waals surface area (Å²) in [6.45, 7) is 3.92. The summed E-state index contributed by atoms with van der Waals surface area (Å²) in [6.07, 6.45) is 2.82. The van der Waals surface area contributed by atoms with Crippen LogP contribution in [0.15, 0.2) is 60.8 Å². The smallest absolute Gasteiger partial charge is 0.230 e. The minimum atomic E-state index is -0.0961. The lowest BCUT2D eigenvalue weighted by Gasteiger charge is -2.05. The number of aryl methyl sites for hydroxylation is 1. The summed E-state index contributed by atoms with van der Waals surface area (Å²) in [5.41, 5.74) is 4.90. The molecular formula is C23H21ClN4OS. The number of thiazole rings is 1. The van der Waals surface area contributed by atoms with Crippen molar-refractivity contribution in [2.24, 2.45) is 0 Å². The van der Waals surface area contributed by atoms with Crippen LogP contribution in [0.2, 0.25) is 5.02 Å². The molecule has 0 atom stereocenters. The number of rotatable bonds is 6. The fourth-order valence-electron chi connectivity index (χ4n) is 3.33. The summed E-state index contributed by atoms with van der Waals surface area (Å²) in [7, 11) is 0. The van der Waals surface area contributed by atoms with Crippen LogP contribution in [0.5, 0.6) is 0 Å². The van der Waals surface area contributed by atoms with Crippen LogP contribution in [0.3, 0.4) is 0 Å². The summed E-state index contributed by atoms with van der Waals surface area (Å²) >= 11 is 7.42. The second kappa shape index (κ2) is 8.81. The maximum atomic E-state index is 12.6. The minimum absolute atomic E-state index is 0.0961. The molecule has 0 aliphatic rings. The summed E-state index contributed by atoms with van der Waals surface area (Å²) in [6, 6.07) is 17.7. The lowest BCUT2D eigenvalue weighted by atomic mass is 10.1. The molecule has 5 nitrogen and oxygen atoms in total. The van der Waals surface area contributed by atoms with E-state index in [1.165, 1.54) is 11.3 Å². The predicted molar refractivity (Wildman–Crippen MR) is 122 cm³/mol. The topological polar surface area (TPSA) is 59.8 Å². The molecule has 0 spiro atoms. The number of para-hydroxylation sites is 1. The molecule has 2 aromatic carbocycles. The van der Waals surface area contributed by atoms with E-state index in [-0.39, 0.29) is 12.3 Å². The van der Waals surface area contributed by atoms with Gasteiger partial charge in [-0.05, 0) is 43.7 Å². The van der Waals surface area contributed by atoms with Gasteiger partial charge in [0.15, 0.2) is 5.13 Å². The van der Waals surface area contributed by atoms with Crippen molar-refractivity contribution in [3.63, 3.8) is 0 Å². The Morgan fingerprint density at radius 2 is 1.83 bits per heavy atom. The van der Waals surface area contributed by atoms with E-state index in [2.05, 4.69) is 15.4 Å². The van der Waals surface area contributed by atoms with Gasteiger partial charge in [0.2, 0.25) is 5.91 Å². The van der Waals surface area contributed by atoms with E-state index >= 15 is 0 Å². The van der Waals surface area contributed by atoms with E-state index in [9.17, 15) is 4.79 Å². The van der Waals surface area contributed by atoms with Crippen molar-refractivity contribution < 1.29 is 4.79 Å². The molecule has 0 aliphatic heterocycles. The predicted octanol–water partition coefficient (Wildman–Crippen LogP) is 5.37. The molecule has 0 fully saturated rings. The number of carbonyl (C=O) groups excluding carboxylic acids is 1. The molecule has 4 rings (SSSR count). The van der Waals surface area contributed by atoms with Gasteiger partial charge in [0.1, 0.15) is 0 Å². The molecule has 30 heavy (non-hydrogen) atoms. The largest absolute Gasteiger partial charge is 0.302 e. The monoisotopic (exact) mass is 436 g/mol. The van der Waals surface area contributed by atoms with Gasteiger partial charge in [-0.3, -0.25) is 4.79 Å². The second-order valence-corrected chi connectivity index (χ2v) is 8.61. The first kappa shape index (κ1) is 20.3. The summed E-state index contributed by atoms with van der Waals surface area (Å²) < 4.78 is 1.88. The number of carbonyl (C=O) groups is 1. The number of nitrogens with zero attached hydrogens (tertiary/aromatic N) is 3. The van der Waals surface area contributed by atoms with Gasteiger partial charge in [0.25, 0.3) is 0 Å². The fourth-order valence-corrected chi connectivity index (χ4v) is 4.31. The van der Waals surface area contributed by atoms with Gasteiger partial charge in [-0.1, -0.05) is 41.9 Å². The average Bonchev–Trinajstić information content (AvgIpc) is 3.29. The van der Waals surface area contributed by atoms with Crippen molar-refractivity contribution in [3.05, 3.63) is 93.2 Å². The molecule has 0 aliphatic carbocycles. The molecular weight excluding hydrogens is 416 g/mol. The van der Waals surface area contributed by atoms with Crippen LogP contribution in [0.4, 0.5) is 5.13 Å². The first-order valence-corrected chi connectivity index (χ1v) is 10.8. The third-order valence-electron chi connectivity index (χ3n) is 4.87. The van der Waals surface area contributed by atoms with E-state index in [1.807, 2.05) is 73.1 Å². The van der Waals surface area contributed by atoms with Gasteiger partial charge in [-0.25, -0.2) is 9.67 Å². The third kappa shape index (κ3) is 4.61. The normalized spacial score (nSPS) is 10.9. The highest BCUT2D eigenvalue weighted by Gasteiger charge is 2.17. The Balaban J connectivity index is 1.42. The summed E-state index contributed by atoms with van der Waals surface area (Å²) in [4.78, 5) is 18.1. The Hall–Kier alpha value is -2.96. The highest BCUT2D eigenvalue weighted by atomic mass is 35.5. The van der Waals surface area contributed by atoms with Crippen LogP contribution >= 0.6 is 22.9 Å². The van der Waals surface area contributed by atoms with Crippen molar-refractivity contribution in [1.29, 1.82) is 0 Å². The average molecular weight is 437 g/mol. The van der Waals surface area contributed by atoms with E-state index in [0.717, 1.165) is 44.5 Å². The molecule has 152 valence electrons. The lowest BCUT2D eigenvalue weighted by Crippen LogP contribution is -2.15. The quantitative estimate of drug-likeness (QED) is 0.442. The van der Waals surface area contributed by atoms with E-state index in [0.29, 0.717) is 5.13 Å². The van der Waals surface area contributed by atoms with Gasteiger partial charge in [0, 0.05) is 33.8 Å². The first-order valence-electron chi connectivity index (χ1n) is 9.59. The van der Waals surface area contributed by atoms with Gasteiger partial charge in [-0.15, -0.1) is 11.3 Å². The van der Waals surface area contributed by atoms with Crippen LogP contribution in [0.25, 0.3) is 5.69 Å². The maximum Gasteiger partial charge on any atom is 0.230 e. The van der Waals surface area contributed by atoms with Crippen molar-refractivity contribution in [1.82, 2.24) is 14.8 Å². The van der Waals surface area contributed by atoms with E-state index in [1.54, 1.807) is 6.20 Å². The molecule has 1 N–H and O–H groups in total. The van der Waals surface area contributed by atoms with Crippen molar-refractivity contribution in [3.8, 4) is 5.69 Å². The molecule has 2 heterocycles. The van der Waals surface area contributed by atoms with Crippen LogP contribution in [-0.2, 0) is 17.6 Å². The first-order chi connectivity index (χ1) is 14.5. The Kier molecular flexibility index (Phi) is 5.97. The lowest BCUT2D eigenvalue weighted by molar-refractivity contribution is -0.115. The number of amides is 1. The maximum absolute atomic E-state index is 12.6. The second-order valence-electron chi connectivity index (χ2n) is 7.06. The highest BCUT2D eigenvalue weighted by Crippen LogP contribution is 2.23. The van der Waals surface area contributed by atoms with Crippen molar-refractivity contribution in [2.75, 3.05) is 5.32 Å². The number of halogens is 1. The van der Waals surface area contributed by atoms with E-state index < -0.39 is 0 Å². The number of benzene rings is 2. The van der Waals surface area contributed by atoms with Gasteiger partial charge in [-0.2, -0.15) is 5.10 Å². The van der Waals surface area contributed by atoms with Gasteiger partial charge in [0.05, 0.1) is 17.8 Å². The van der Waals surface area contributed by atoms with E-state index in [4.69, 9.17) is 11.6 Å². The zero-order valence-electron chi connectivity index (χ0n) is 16.7. The molecule has 4 aromatic rings. The van der Waals surface area contributed by atoms with Crippen molar-refractivity contribution in [2.45, 2.75) is 26.7 Å². The third-order valence-corrected chi connectivity index (χ3v) is 6.04. The Morgan fingerprint density at radius 1 is 1.10 bits per heavy atom. The standard InChI is InChI=1S/C23H21ClN4OS/c1-15-21(16(2)28(27-15)19-6-4-3-5-7-19)13-22(29)26-23-25-14-20(30-23)12-17-8-10-18(24)11-9-17/h3-11,14H,12-13H2,1-2H3,(H,25,26,29). The van der Waals surface area contributed by atoms with Crippen LogP contribution in [0, 0.1) is 13.8 Å². The summed E-state index contributed by atoms with van der Waals surface area (Å²) in [5.74, 6) is -0.0961. The molecule has 0 bridgehead atoms. The molecule has 2 aromatic heterocycles. The van der Waals surface area contributed by atoms with Crippen LogP contribution < -0.4 is 5.32 Å². The number of aromatic nitrogens is 3.